The van der Waals surface area contributed by atoms with Gasteiger partial charge in [-0.1, -0.05) is 48.0 Å². The molecule has 1 heterocycles. The van der Waals surface area contributed by atoms with Gasteiger partial charge in [-0.25, -0.2) is 0 Å². The summed E-state index contributed by atoms with van der Waals surface area (Å²) in [7, 11) is 0. The van der Waals surface area contributed by atoms with E-state index in [4.69, 9.17) is 16.3 Å². The Morgan fingerprint density at radius 3 is 2.50 bits per heavy atom. The third-order valence-corrected chi connectivity index (χ3v) is 5.56. The van der Waals surface area contributed by atoms with Gasteiger partial charge in [0.2, 0.25) is 5.91 Å². The summed E-state index contributed by atoms with van der Waals surface area (Å²) in [4.78, 5) is 38.5. The van der Waals surface area contributed by atoms with Crippen molar-refractivity contribution in [3.63, 3.8) is 0 Å². The van der Waals surface area contributed by atoms with Crippen LogP contribution in [0.1, 0.15) is 5.56 Å². The molecule has 0 spiro atoms. The molecule has 1 aliphatic rings. The predicted molar refractivity (Wildman–Crippen MR) is 126 cm³/mol. The highest BCUT2D eigenvalue weighted by Gasteiger charge is 2.36. The van der Waals surface area contributed by atoms with E-state index in [1.165, 1.54) is 0 Å². The number of benzene rings is 3. The van der Waals surface area contributed by atoms with E-state index in [1.54, 1.807) is 54.6 Å². The Morgan fingerprint density at radius 1 is 0.969 bits per heavy atom. The van der Waals surface area contributed by atoms with E-state index in [9.17, 15) is 14.4 Å². The molecule has 1 N–H and O–H groups in total. The maximum absolute atomic E-state index is 12.7. The fraction of sp³-hybridized carbons (Fsp3) is 0.0417. The van der Waals surface area contributed by atoms with Gasteiger partial charge < -0.3 is 10.1 Å². The second-order valence-electron chi connectivity index (χ2n) is 6.81. The molecule has 0 aliphatic carbocycles. The summed E-state index contributed by atoms with van der Waals surface area (Å²) in [5.41, 5.74) is 1.19. The molecule has 1 saturated heterocycles. The molecular weight excluding hydrogens is 448 g/mol. The summed E-state index contributed by atoms with van der Waals surface area (Å²) in [6.07, 6.45) is 1.61. The molecule has 160 valence electrons. The predicted octanol–water partition coefficient (Wildman–Crippen LogP) is 5.81. The highest BCUT2D eigenvalue weighted by Crippen LogP contribution is 2.33. The van der Waals surface area contributed by atoms with Crippen LogP contribution in [0.3, 0.4) is 0 Å². The number of imide groups is 1. The third-order valence-electron chi connectivity index (χ3n) is 4.42. The van der Waals surface area contributed by atoms with Crippen LogP contribution in [-0.2, 0) is 9.59 Å². The van der Waals surface area contributed by atoms with Crippen molar-refractivity contribution >= 4 is 52.2 Å². The van der Waals surface area contributed by atoms with Gasteiger partial charge in [-0.05, 0) is 65.9 Å². The number of thioether (sulfide) groups is 1. The first-order valence-electron chi connectivity index (χ1n) is 9.62. The number of nitrogens with zero attached hydrogens (tertiary/aromatic N) is 1. The van der Waals surface area contributed by atoms with Crippen LogP contribution in [0, 0.1) is 0 Å². The fourth-order valence-electron chi connectivity index (χ4n) is 2.99. The van der Waals surface area contributed by atoms with Crippen LogP contribution in [0.25, 0.3) is 6.08 Å². The van der Waals surface area contributed by atoms with Crippen molar-refractivity contribution in [3.05, 3.63) is 94.4 Å². The van der Waals surface area contributed by atoms with Crippen molar-refractivity contribution in [2.45, 2.75) is 0 Å². The number of hydrogen-bond donors (Lipinski definition) is 1. The number of ether oxygens (including phenoxy) is 1. The van der Waals surface area contributed by atoms with Gasteiger partial charge in [0.25, 0.3) is 11.1 Å². The van der Waals surface area contributed by atoms with Gasteiger partial charge in [0.05, 0.1) is 4.91 Å². The minimum atomic E-state index is -0.518. The molecule has 3 aromatic carbocycles. The number of amides is 3. The van der Waals surface area contributed by atoms with Crippen molar-refractivity contribution in [1.82, 2.24) is 4.90 Å². The van der Waals surface area contributed by atoms with E-state index in [2.05, 4.69) is 5.32 Å². The lowest BCUT2D eigenvalue weighted by Gasteiger charge is -2.12. The summed E-state index contributed by atoms with van der Waals surface area (Å²) in [6.45, 7) is -0.383. The number of nitrogens with one attached hydrogen (secondary N) is 1. The normalized spacial score (nSPS) is 14.7. The molecule has 0 saturated carbocycles. The van der Waals surface area contributed by atoms with Crippen LogP contribution in [0.5, 0.6) is 11.5 Å². The minimum absolute atomic E-state index is 0.238. The lowest BCUT2D eigenvalue weighted by molar-refractivity contribution is -0.127. The maximum Gasteiger partial charge on any atom is 0.294 e. The lowest BCUT2D eigenvalue weighted by atomic mass is 10.2. The van der Waals surface area contributed by atoms with Gasteiger partial charge in [-0.2, -0.15) is 0 Å². The van der Waals surface area contributed by atoms with Crippen LogP contribution in [0.15, 0.2) is 83.8 Å². The molecule has 6 nitrogen and oxygen atoms in total. The van der Waals surface area contributed by atoms with Crippen LogP contribution >= 0.6 is 23.4 Å². The summed E-state index contributed by atoms with van der Waals surface area (Å²) in [6, 6.07) is 23.1. The van der Waals surface area contributed by atoms with Crippen LogP contribution < -0.4 is 10.1 Å². The molecular formula is C24H17ClN2O4S. The number of rotatable bonds is 6. The third kappa shape index (κ3) is 5.38. The molecule has 3 aromatic rings. The summed E-state index contributed by atoms with van der Waals surface area (Å²) >= 11 is 6.70. The molecule has 4 rings (SSSR count). The highest BCUT2D eigenvalue weighted by molar-refractivity contribution is 8.18. The van der Waals surface area contributed by atoms with Crippen molar-refractivity contribution in [2.75, 3.05) is 11.9 Å². The van der Waals surface area contributed by atoms with Crippen molar-refractivity contribution in [3.8, 4) is 11.5 Å². The minimum Gasteiger partial charge on any atom is -0.457 e. The molecule has 0 unspecified atom stereocenters. The molecule has 0 aromatic heterocycles. The Kier molecular flexibility index (Phi) is 6.58. The maximum atomic E-state index is 12.7. The molecule has 8 heteroatoms. The average molecular weight is 465 g/mol. The number of carbonyl (C=O) groups is 3. The molecule has 1 fully saturated rings. The summed E-state index contributed by atoms with van der Waals surface area (Å²) < 4.78 is 5.81. The monoisotopic (exact) mass is 464 g/mol. The molecule has 0 radical (unpaired) electrons. The van der Waals surface area contributed by atoms with Crippen molar-refractivity contribution in [2.24, 2.45) is 0 Å². The Hall–Kier alpha value is -3.55. The van der Waals surface area contributed by atoms with E-state index in [0.717, 1.165) is 16.7 Å². The standard InChI is InChI=1S/C24H17ClN2O4S/c25-17-7-5-8-18(14-17)26-22(28)15-27-23(29)21(32-24(27)30)13-16-6-4-11-20(12-16)31-19-9-2-1-3-10-19/h1-14H,15H2,(H,26,28)/b21-13+. The van der Waals surface area contributed by atoms with Crippen LogP contribution in [0.2, 0.25) is 5.02 Å². The number of anilines is 1. The number of carbonyl (C=O) groups excluding carboxylic acids is 3. The molecule has 1 aliphatic heterocycles. The molecule has 0 atom stereocenters. The Bertz CT molecular complexity index is 1210. The summed E-state index contributed by atoms with van der Waals surface area (Å²) in [5.74, 6) is 0.283. The fourth-order valence-corrected chi connectivity index (χ4v) is 4.02. The second kappa shape index (κ2) is 9.72. The zero-order chi connectivity index (χ0) is 22.5. The Balaban J connectivity index is 1.44. The van der Waals surface area contributed by atoms with Crippen molar-refractivity contribution < 1.29 is 19.1 Å². The van der Waals surface area contributed by atoms with Gasteiger partial charge in [-0.15, -0.1) is 0 Å². The highest BCUT2D eigenvalue weighted by atomic mass is 35.5. The Morgan fingerprint density at radius 2 is 1.72 bits per heavy atom. The zero-order valence-electron chi connectivity index (χ0n) is 16.7. The molecule has 3 amide bonds. The zero-order valence-corrected chi connectivity index (χ0v) is 18.2. The first-order valence-corrected chi connectivity index (χ1v) is 10.8. The van der Waals surface area contributed by atoms with Gasteiger partial charge in [0.1, 0.15) is 18.0 Å². The topological polar surface area (TPSA) is 75.7 Å². The SMILES string of the molecule is O=C(CN1C(=O)S/C(=C/c2cccc(Oc3ccccc3)c2)C1=O)Nc1cccc(Cl)c1. The summed E-state index contributed by atoms with van der Waals surface area (Å²) in [5, 5.41) is 2.60. The largest absolute Gasteiger partial charge is 0.457 e. The number of halogens is 1. The van der Waals surface area contributed by atoms with Gasteiger partial charge in [0, 0.05) is 10.7 Å². The number of hydrogen-bond acceptors (Lipinski definition) is 5. The van der Waals surface area contributed by atoms with E-state index < -0.39 is 17.1 Å². The van der Waals surface area contributed by atoms with Gasteiger partial charge in [0.15, 0.2) is 0 Å². The smallest absolute Gasteiger partial charge is 0.294 e. The average Bonchev–Trinajstić information content (AvgIpc) is 3.02. The first kappa shape index (κ1) is 21.7. The van der Waals surface area contributed by atoms with E-state index in [-0.39, 0.29) is 11.4 Å². The van der Waals surface area contributed by atoms with E-state index in [1.807, 2.05) is 30.3 Å². The van der Waals surface area contributed by atoms with E-state index >= 15 is 0 Å². The van der Waals surface area contributed by atoms with Gasteiger partial charge in [-0.3, -0.25) is 19.3 Å². The molecule has 32 heavy (non-hydrogen) atoms. The first-order chi connectivity index (χ1) is 15.5. The second-order valence-corrected chi connectivity index (χ2v) is 8.24. The molecule has 0 bridgehead atoms. The number of para-hydroxylation sites is 1. The van der Waals surface area contributed by atoms with Crippen LogP contribution in [0.4, 0.5) is 10.5 Å². The van der Waals surface area contributed by atoms with Gasteiger partial charge >= 0.3 is 0 Å². The van der Waals surface area contributed by atoms with Crippen LogP contribution in [-0.4, -0.2) is 28.5 Å². The Labute approximate surface area is 193 Å². The quantitative estimate of drug-likeness (QED) is 0.466. The lowest BCUT2D eigenvalue weighted by Crippen LogP contribution is -2.36. The van der Waals surface area contributed by atoms with Crippen molar-refractivity contribution in [1.29, 1.82) is 0 Å². The van der Waals surface area contributed by atoms with E-state index in [0.29, 0.717) is 27.8 Å².